The number of carbonyl (C=O) groups is 2. The van der Waals surface area contributed by atoms with Gasteiger partial charge in [0, 0.05) is 40.0 Å². The van der Waals surface area contributed by atoms with E-state index in [1.807, 2.05) is 0 Å². The van der Waals surface area contributed by atoms with Crippen LogP contribution in [0.2, 0.25) is 10.0 Å². The first kappa shape index (κ1) is 17.1. The summed E-state index contributed by atoms with van der Waals surface area (Å²) in [7, 11) is 1.56. The zero-order valence-electron chi connectivity index (χ0n) is 12.3. The fourth-order valence-corrected chi connectivity index (χ4v) is 2.39. The third-order valence-electron chi connectivity index (χ3n) is 3.04. The SMILES string of the molecule is CNC(=O)c1ccc(NC(=O)/C=C/c2c(Cl)cccc2Cl)cc1. The maximum absolute atomic E-state index is 11.9. The molecule has 0 aliphatic heterocycles. The van der Waals surface area contributed by atoms with E-state index in [2.05, 4.69) is 10.6 Å². The van der Waals surface area contributed by atoms with Crippen molar-refractivity contribution in [1.29, 1.82) is 0 Å². The summed E-state index contributed by atoms with van der Waals surface area (Å²) in [6.45, 7) is 0. The van der Waals surface area contributed by atoms with Gasteiger partial charge in [-0.1, -0.05) is 29.3 Å². The van der Waals surface area contributed by atoms with Crippen molar-refractivity contribution in [1.82, 2.24) is 5.32 Å². The molecular weight excluding hydrogens is 335 g/mol. The van der Waals surface area contributed by atoms with Crippen molar-refractivity contribution in [3.05, 3.63) is 69.7 Å². The Bertz CT molecular complexity index is 735. The molecule has 4 nitrogen and oxygen atoms in total. The molecule has 0 atom stereocenters. The average Bonchev–Trinajstić information content (AvgIpc) is 2.54. The van der Waals surface area contributed by atoms with Crippen LogP contribution < -0.4 is 10.6 Å². The summed E-state index contributed by atoms with van der Waals surface area (Å²) in [5.74, 6) is -0.509. The number of hydrogen-bond acceptors (Lipinski definition) is 2. The Morgan fingerprint density at radius 1 is 1.00 bits per heavy atom. The highest BCUT2D eigenvalue weighted by Gasteiger charge is 2.05. The predicted molar refractivity (Wildman–Crippen MR) is 94.0 cm³/mol. The molecule has 0 radical (unpaired) electrons. The minimum absolute atomic E-state index is 0.184. The molecule has 0 aliphatic carbocycles. The number of halogens is 2. The van der Waals surface area contributed by atoms with Gasteiger partial charge in [0.25, 0.3) is 5.91 Å². The maximum atomic E-state index is 11.9. The number of amides is 2. The summed E-state index contributed by atoms with van der Waals surface area (Å²) in [6, 6.07) is 11.7. The topological polar surface area (TPSA) is 58.2 Å². The van der Waals surface area contributed by atoms with E-state index < -0.39 is 0 Å². The Labute approximate surface area is 144 Å². The van der Waals surface area contributed by atoms with Gasteiger partial charge >= 0.3 is 0 Å². The van der Waals surface area contributed by atoms with Crippen LogP contribution in [-0.2, 0) is 4.79 Å². The van der Waals surface area contributed by atoms with Crippen LogP contribution in [-0.4, -0.2) is 18.9 Å². The Balaban J connectivity index is 2.05. The lowest BCUT2D eigenvalue weighted by atomic mass is 10.2. The molecule has 2 amide bonds. The lowest BCUT2D eigenvalue weighted by molar-refractivity contribution is -0.111. The van der Waals surface area contributed by atoms with Crippen LogP contribution in [0.25, 0.3) is 6.08 Å². The minimum atomic E-state index is -0.325. The lowest BCUT2D eigenvalue weighted by Gasteiger charge is -2.04. The van der Waals surface area contributed by atoms with E-state index in [1.165, 1.54) is 6.08 Å². The monoisotopic (exact) mass is 348 g/mol. The third kappa shape index (κ3) is 4.58. The van der Waals surface area contributed by atoms with Crippen molar-refractivity contribution in [2.75, 3.05) is 12.4 Å². The molecule has 0 bridgehead atoms. The van der Waals surface area contributed by atoms with Gasteiger partial charge in [-0.15, -0.1) is 0 Å². The van der Waals surface area contributed by atoms with Crippen molar-refractivity contribution in [2.24, 2.45) is 0 Å². The highest BCUT2D eigenvalue weighted by atomic mass is 35.5. The van der Waals surface area contributed by atoms with E-state index in [9.17, 15) is 9.59 Å². The normalized spacial score (nSPS) is 10.6. The fraction of sp³-hybridized carbons (Fsp3) is 0.0588. The summed E-state index contributed by atoms with van der Waals surface area (Å²) in [5, 5.41) is 6.16. The molecule has 23 heavy (non-hydrogen) atoms. The zero-order valence-corrected chi connectivity index (χ0v) is 13.8. The van der Waals surface area contributed by atoms with Crippen LogP contribution in [0.15, 0.2) is 48.5 Å². The number of carbonyl (C=O) groups excluding carboxylic acids is 2. The van der Waals surface area contributed by atoms with Crippen molar-refractivity contribution in [2.45, 2.75) is 0 Å². The van der Waals surface area contributed by atoms with Gasteiger partial charge in [-0.3, -0.25) is 9.59 Å². The van der Waals surface area contributed by atoms with E-state index in [-0.39, 0.29) is 11.8 Å². The molecule has 0 heterocycles. The number of rotatable bonds is 4. The Morgan fingerprint density at radius 2 is 1.61 bits per heavy atom. The first-order chi connectivity index (χ1) is 11.0. The van der Waals surface area contributed by atoms with Crippen LogP contribution in [0.3, 0.4) is 0 Å². The zero-order chi connectivity index (χ0) is 16.8. The number of nitrogens with one attached hydrogen (secondary N) is 2. The minimum Gasteiger partial charge on any atom is -0.355 e. The molecule has 118 valence electrons. The van der Waals surface area contributed by atoms with Crippen LogP contribution in [0, 0.1) is 0 Å². The molecule has 0 fully saturated rings. The number of hydrogen-bond donors (Lipinski definition) is 2. The van der Waals surface area contributed by atoms with Crippen LogP contribution in [0.1, 0.15) is 15.9 Å². The molecule has 0 saturated carbocycles. The summed E-state index contributed by atoms with van der Waals surface area (Å²) >= 11 is 12.1. The third-order valence-corrected chi connectivity index (χ3v) is 3.70. The molecule has 0 unspecified atom stereocenters. The molecule has 2 aromatic rings. The van der Waals surface area contributed by atoms with Crippen LogP contribution >= 0.6 is 23.2 Å². The maximum Gasteiger partial charge on any atom is 0.251 e. The lowest BCUT2D eigenvalue weighted by Crippen LogP contribution is -2.17. The Kier molecular flexibility index (Phi) is 5.79. The van der Waals surface area contributed by atoms with Crippen molar-refractivity contribution in [3.8, 4) is 0 Å². The molecule has 2 rings (SSSR count). The first-order valence-corrected chi connectivity index (χ1v) is 7.52. The quantitative estimate of drug-likeness (QED) is 0.820. The van der Waals surface area contributed by atoms with E-state index in [4.69, 9.17) is 23.2 Å². The number of benzene rings is 2. The summed E-state index contributed by atoms with van der Waals surface area (Å²) in [6.07, 6.45) is 2.90. The molecule has 6 heteroatoms. The van der Waals surface area contributed by atoms with Crippen molar-refractivity contribution >= 4 is 46.8 Å². The summed E-state index contributed by atoms with van der Waals surface area (Å²) < 4.78 is 0. The second-order valence-electron chi connectivity index (χ2n) is 4.61. The summed E-state index contributed by atoms with van der Waals surface area (Å²) in [4.78, 5) is 23.4. The van der Waals surface area contributed by atoms with E-state index in [0.717, 1.165) is 0 Å². The first-order valence-electron chi connectivity index (χ1n) is 6.76. The molecule has 0 spiro atoms. The van der Waals surface area contributed by atoms with Gasteiger partial charge in [-0.2, -0.15) is 0 Å². The Hall–Kier alpha value is -2.30. The van der Waals surface area contributed by atoms with Gasteiger partial charge in [-0.25, -0.2) is 0 Å². The second kappa shape index (κ2) is 7.81. The van der Waals surface area contributed by atoms with Gasteiger partial charge in [0.1, 0.15) is 0 Å². The standard InChI is InChI=1S/C17H14Cl2N2O2/c1-20-17(23)11-5-7-12(8-6-11)21-16(22)10-9-13-14(18)3-2-4-15(13)19/h2-10H,1H3,(H,20,23)(H,21,22)/b10-9+. The van der Waals surface area contributed by atoms with Crippen molar-refractivity contribution in [3.63, 3.8) is 0 Å². The highest BCUT2D eigenvalue weighted by molar-refractivity contribution is 6.37. The molecule has 2 aromatic carbocycles. The summed E-state index contributed by atoms with van der Waals surface area (Å²) in [5.41, 5.74) is 1.68. The fourth-order valence-electron chi connectivity index (χ4n) is 1.86. The smallest absolute Gasteiger partial charge is 0.251 e. The second-order valence-corrected chi connectivity index (χ2v) is 5.43. The van der Waals surface area contributed by atoms with Gasteiger partial charge in [0.2, 0.25) is 5.91 Å². The van der Waals surface area contributed by atoms with Gasteiger partial charge in [0.05, 0.1) is 0 Å². The molecule has 0 aliphatic rings. The van der Waals surface area contributed by atoms with Crippen LogP contribution in [0.5, 0.6) is 0 Å². The van der Waals surface area contributed by atoms with E-state index in [1.54, 1.807) is 55.6 Å². The molecule has 0 saturated heterocycles. The molecule has 2 N–H and O–H groups in total. The number of anilines is 1. The molecular formula is C17H14Cl2N2O2. The Morgan fingerprint density at radius 3 is 2.17 bits per heavy atom. The van der Waals surface area contributed by atoms with Crippen LogP contribution in [0.4, 0.5) is 5.69 Å². The van der Waals surface area contributed by atoms with Gasteiger partial charge in [-0.05, 0) is 42.5 Å². The van der Waals surface area contributed by atoms with Gasteiger partial charge < -0.3 is 10.6 Å². The molecule has 0 aromatic heterocycles. The van der Waals surface area contributed by atoms with E-state index in [0.29, 0.717) is 26.9 Å². The van der Waals surface area contributed by atoms with E-state index >= 15 is 0 Å². The predicted octanol–water partition coefficient (Wildman–Crippen LogP) is 4.00. The van der Waals surface area contributed by atoms with Crippen molar-refractivity contribution < 1.29 is 9.59 Å². The van der Waals surface area contributed by atoms with Gasteiger partial charge in [0.15, 0.2) is 0 Å². The highest BCUT2D eigenvalue weighted by Crippen LogP contribution is 2.25. The average molecular weight is 349 g/mol. The largest absolute Gasteiger partial charge is 0.355 e.